The minimum atomic E-state index is -0.465. The Bertz CT molecular complexity index is 853. The molecule has 1 fully saturated rings. The Morgan fingerprint density at radius 3 is 2.56 bits per heavy atom. The number of hydrogen-bond acceptors (Lipinski definition) is 6. The summed E-state index contributed by atoms with van der Waals surface area (Å²) in [4.78, 5) is 10.9. The normalized spacial score (nSPS) is 15.6. The molecular formula is C20H21N3O4. The fourth-order valence-electron chi connectivity index (χ4n) is 3.44. The van der Waals surface area contributed by atoms with Gasteiger partial charge in [0, 0.05) is 31.2 Å². The van der Waals surface area contributed by atoms with Crippen LogP contribution in [0.4, 0.5) is 11.4 Å². The van der Waals surface area contributed by atoms with Crippen molar-refractivity contribution in [3.05, 3.63) is 63.7 Å². The second-order valence-corrected chi connectivity index (χ2v) is 6.58. The molecule has 0 unspecified atom stereocenters. The number of nitro groups is 1. The lowest BCUT2D eigenvalue weighted by atomic mass is 9.74. The van der Waals surface area contributed by atoms with Gasteiger partial charge in [-0.2, -0.15) is 5.26 Å². The molecule has 3 rings (SSSR count). The molecule has 7 nitrogen and oxygen atoms in total. The van der Waals surface area contributed by atoms with Crippen LogP contribution in [0.2, 0.25) is 0 Å². The van der Waals surface area contributed by atoms with Crippen LogP contribution in [0.25, 0.3) is 0 Å². The largest absolute Gasteiger partial charge is 0.497 e. The quantitative estimate of drug-likeness (QED) is 0.618. The van der Waals surface area contributed by atoms with Crippen LogP contribution in [-0.2, 0) is 10.2 Å². The number of rotatable bonds is 6. The van der Waals surface area contributed by atoms with Crippen molar-refractivity contribution >= 4 is 11.4 Å². The summed E-state index contributed by atoms with van der Waals surface area (Å²) in [7, 11) is 1.63. The molecule has 0 aromatic heterocycles. The maximum Gasteiger partial charge on any atom is 0.293 e. The van der Waals surface area contributed by atoms with Gasteiger partial charge in [-0.3, -0.25) is 10.1 Å². The zero-order valence-corrected chi connectivity index (χ0v) is 15.1. The standard InChI is InChI=1S/C20H21N3O4/c1-26-17-5-3-16(4-6-17)20(8-10-27-11-9-20)14-22-18-7-2-15(13-21)12-19(18)23(24)25/h2-7,12,22H,8-11,14H2,1H3. The topological polar surface area (TPSA) is 97.4 Å². The average molecular weight is 367 g/mol. The monoisotopic (exact) mass is 367 g/mol. The highest BCUT2D eigenvalue weighted by molar-refractivity contribution is 5.64. The number of nitro benzene ring substituents is 1. The average Bonchev–Trinajstić information content (AvgIpc) is 2.72. The first-order valence-electron chi connectivity index (χ1n) is 8.73. The summed E-state index contributed by atoms with van der Waals surface area (Å²) in [5.74, 6) is 0.789. The predicted octanol–water partition coefficient (Wildman–Crippen LogP) is 3.64. The van der Waals surface area contributed by atoms with Crippen LogP contribution in [0.3, 0.4) is 0 Å². The van der Waals surface area contributed by atoms with Gasteiger partial charge in [0.25, 0.3) is 5.69 Å². The van der Waals surface area contributed by atoms with Gasteiger partial charge in [-0.25, -0.2) is 0 Å². The maximum absolute atomic E-state index is 11.4. The number of nitrogens with one attached hydrogen (secondary N) is 1. The van der Waals surface area contributed by atoms with Gasteiger partial charge < -0.3 is 14.8 Å². The van der Waals surface area contributed by atoms with Crippen molar-refractivity contribution in [3.63, 3.8) is 0 Å². The molecule has 0 spiro atoms. The fraction of sp³-hybridized carbons (Fsp3) is 0.350. The van der Waals surface area contributed by atoms with Gasteiger partial charge in [0.15, 0.2) is 0 Å². The number of hydrogen-bond donors (Lipinski definition) is 1. The van der Waals surface area contributed by atoms with Crippen molar-refractivity contribution < 1.29 is 14.4 Å². The van der Waals surface area contributed by atoms with E-state index >= 15 is 0 Å². The predicted molar refractivity (Wildman–Crippen MR) is 101 cm³/mol. The number of anilines is 1. The number of methoxy groups -OCH3 is 1. The Morgan fingerprint density at radius 2 is 1.96 bits per heavy atom. The molecule has 0 amide bonds. The summed E-state index contributed by atoms with van der Waals surface area (Å²) in [5.41, 5.74) is 1.55. The Kier molecular flexibility index (Phi) is 5.57. The van der Waals surface area contributed by atoms with Gasteiger partial charge >= 0.3 is 0 Å². The molecule has 0 saturated carbocycles. The van der Waals surface area contributed by atoms with E-state index in [2.05, 4.69) is 5.32 Å². The van der Waals surface area contributed by atoms with Gasteiger partial charge in [-0.15, -0.1) is 0 Å². The number of nitriles is 1. The van der Waals surface area contributed by atoms with Crippen molar-refractivity contribution in [3.8, 4) is 11.8 Å². The molecule has 27 heavy (non-hydrogen) atoms. The van der Waals surface area contributed by atoms with E-state index in [1.807, 2.05) is 30.3 Å². The van der Waals surface area contributed by atoms with Gasteiger partial charge in [-0.05, 0) is 42.7 Å². The van der Waals surface area contributed by atoms with E-state index in [0.29, 0.717) is 25.4 Å². The van der Waals surface area contributed by atoms with Crippen LogP contribution in [0.5, 0.6) is 5.75 Å². The molecule has 1 aliphatic rings. The summed E-state index contributed by atoms with van der Waals surface area (Å²) < 4.78 is 10.8. The fourth-order valence-corrected chi connectivity index (χ4v) is 3.44. The maximum atomic E-state index is 11.4. The zero-order chi connectivity index (χ0) is 19.3. The third-order valence-corrected chi connectivity index (χ3v) is 5.09. The summed E-state index contributed by atoms with van der Waals surface area (Å²) in [6, 6.07) is 14.4. The highest BCUT2D eigenvalue weighted by Gasteiger charge is 2.35. The molecule has 7 heteroatoms. The van der Waals surface area contributed by atoms with Crippen molar-refractivity contribution in [1.29, 1.82) is 5.26 Å². The van der Waals surface area contributed by atoms with Crippen LogP contribution in [0, 0.1) is 21.4 Å². The van der Waals surface area contributed by atoms with Crippen molar-refractivity contribution in [2.45, 2.75) is 18.3 Å². The molecule has 140 valence electrons. The smallest absolute Gasteiger partial charge is 0.293 e. The first-order valence-corrected chi connectivity index (χ1v) is 8.73. The Hall–Kier alpha value is -3.11. The molecular weight excluding hydrogens is 346 g/mol. The first-order chi connectivity index (χ1) is 13.1. The summed E-state index contributed by atoms with van der Waals surface area (Å²) >= 11 is 0. The second-order valence-electron chi connectivity index (χ2n) is 6.58. The molecule has 1 heterocycles. The lowest BCUT2D eigenvalue weighted by Crippen LogP contribution is -2.40. The molecule has 0 atom stereocenters. The molecule has 0 radical (unpaired) electrons. The summed E-state index contributed by atoms with van der Waals surface area (Å²) in [6.07, 6.45) is 1.63. The zero-order valence-electron chi connectivity index (χ0n) is 15.1. The molecule has 1 aliphatic heterocycles. The Balaban J connectivity index is 1.88. The highest BCUT2D eigenvalue weighted by Crippen LogP contribution is 2.37. The third-order valence-electron chi connectivity index (χ3n) is 5.09. The van der Waals surface area contributed by atoms with Crippen LogP contribution < -0.4 is 10.1 Å². The molecule has 2 aromatic rings. The van der Waals surface area contributed by atoms with Crippen LogP contribution >= 0.6 is 0 Å². The number of nitrogens with zero attached hydrogens (tertiary/aromatic N) is 2. The molecule has 1 saturated heterocycles. The van der Waals surface area contributed by atoms with Crippen molar-refractivity contribution in [2.24, 2.45) is 0 Å². The van der Waals surface area contributed by atoms with Crippen LogP contribution in [0.15, 0.2) is 42.5 Å². The van der Waals surface area contributed by atoms with Gasteiger partial charge in [0.05, 0.1) is 23.7 Å². The SMILES string of the molecule is COc1ccc(C2(CNc3ccc(C#N)cc3[N+](=O)[O-])CCOCC2)cc1. The van der Waals surface area contributed by atoms with Crippen molar-refractivity contribution in [2.75, 3.05) is 32.2 Å². The summed E-state index contributed by atoms with van der Waals surface area (Å²) in [6.45, 7) is 1.82. The lowest BCUT2D eigenvalue weighted by Gasteiger charge is -2.38. The molecule has 1 N–H and O–H groups in total. The third kappa shape index (κ3) is 4.01. The van der Waals surface area contributed by atoms with E-state index < -0.39 is 4.92 Å². The Labute approximate surface area is 157 Å². The van der Waals surface area contributed by atoms with Gasteiger partial charge in [-0.1, -0.05) is 12.1 Å². The molecule has 0 bridgehead atoms. The Morgan fingerprint density at radius 1 is 1.26 bits per heavy atom. The van der Waals surface area contributed by atoms with E-state index in [0.717, 1.165) is 24.2 Å². The van der Waals surface area contributed by atoms with E-state index in [9.17, 15) is 10.1 Å². The highest BCUT2D eigenvalue weighted by atomic mass is 16.6. The van der Waals surface area contributed by atoms with E-state index in [-0.39, 0.29) is 16.7 Å². The second kappa shape index (κ2) is 8.06. The minimum absolute atomic E-state index is 0.0917. The van der Waals surface area contributed by atoms with Gasteiger partial charge in [0.2, 0.25) is 0 Å². The molecule has 0 aliphatic carbocycles. The van der Waals surface area contributed by atoms with Crippen LogP contribution in [-0.4, -0.2) is 31.8 Å². The number of benzene rings is 2. The van der Waals surface area contributed by atoms with E-state index in [4.69, 9.17) is 14.7 Å². The van der Waals surface area contributed by atoms with Crippen LogP contribution in [0.1, 0.15) is 24.0 Å². The minimum Gasteiger partial charge on any atom is -0.497 e. The van der Waals surface area contributed by atoms with E-state index in [1.54, 1.807) is 19.2 Å². The molecule has 2 aromatic carbocycles. The summed E-state index contributed by atoms with van der Waals surface area (Å²) in [5, 5.41) is 23.6. The number of ether oxygens (including phenoxy) is 2. The van der Waals surface area contributed by atoms with E-state index in [1.165, 1.54) is 6.07 Å². The lowest BCUT2D eigenvalue weighted by molar-refractivity contribution is -0.384. The first kappa shape index (κ1) is 18.7. The van der Waals surface area contributed by atoms with Crippen molar-refractivity contribution in [1.82, 2.24) is 0 Å². The van der Waals surface area contributed by atoms with Gasteiger partial charge in [0.1, 0.15) is 11.4 Å².